The molecule has 1 aromatic carbocycles. The summed E-state index contributed by atoms with van der Waals surface area (Å²) in [6.07, 6.45) is 4.39. The number of hydrogen-bond donors (Lipinski definition) is 1. The van der Waals surface area contributed by atoms with E-state index in [4.69, 9.17) is 9.72 Å². The largest absolute Gasteiger partial charge is 0.497 e. The number of H-pyrrole nitrogens is 1. The van der Waals surface area contributed by atoms with E-state index in [0.29, 0.717) is 12.2 Å². The molecule has 6 heteroatoms. The maximum atomic E-state index is 12.6. The Bertz CT molecular complexity index is 939. The number of hydrogen-bond acceptors (Lipinski definition) is 4. The molecular formula is C22H24N4O2. The zero-order valence-corrected chi connectivity index (χ0v) is 16.0. The number of ether oxygens (including phenoxy) is 1. The number of amides is 1. The average Bonchev–Trinajstić information content (AvgIpc) is 3.28. The average molecular weight is 376 g/mol. The summed E-state index contributed by atoms with van der Waals surface area (Å²) in [5.74, 6) is 1.12. The van der Waals surface area contributed by atoms with Crippen LogP contribution in [0.4, 0.5) is 0 Å². The molecule has 0 saturated carbocycles. The number of carbonyl (C=O) groups excluding carboxylic acids is 1. The molecule has 0 unspecified atom stereocenters. The second-order valence-electron chi connectivity index (χ2n) is 7.14. The van der Waals surface area contributed by atoms with Crippen molar-refractivity contribution in [1.82, 2.24) is 20.1 Å². The minimum atomic E-state index is 0.00901. The molecule has 0 spiro atoms. The molecule has 1 saturated heterocycles. The van der Waals surface area contributed by atoms with Crippen LogP contribution in [0, 0.1) is 0 Å². The Hall–Kier alpha value is -3.15. The third-order valence-electron chi connectivity index (χ3n) is 5.21. The molecule has 1 aliphatic rings. The molecule has 3 heterocycles. The summed E-state index contributed by atoms with van der Waals surface area (Å²) in [5, 5.41) is 6.65. The summed E-state index contributed by atoms with van der Waals surface area (Å²) in [7, 11) is 1.68. The van der Waals surface area contributed by atoms with E-state index in [2.05, 4.69) is 34.5 Å². The van der Waals surface area contributed by atoms with Gasteiger partial charge >= 0.3 is 0 Å². The Morgan fingerprint density at radius 2 is 2.14 bits per heavy atom. The van der Waals surface area contributed by atoms with Gasteiger partial charge in [0.1, 0.15) is 11.4 Å². The summed E-state index contributed by atoms with van der Waals surface area (Å²) in [6.45, 7) is 1.46. The second kappa shape index (κ2) is 8.25. The highest BCUT2D eigenvalue weighted by atomic mass is 16.5. The second-order valence-corrected chi connectivity index (χ2v) is 7.14. The highest BCUT2D eigenvalue weighted by Gasteiger charge is 2.27. The van der Waals surface area contributed by atoms with Crippen LogP contribution in [0.3, 0.4) is 0 Å². The van der Waals surface area contributed by atoms with Crippen molar-refractivity contribution in [2.75, 3.05) is 20.2 Å². The van der Waals surface area contributed by atoms with Gasteiger partial charge in [-0.3, -0.25) is 14.9 Å². The van der Waals surface area contributed by atoms with E-state index in [9.17, 15) is 4.79 Å². The van der Waals surface area contributed by atoms with Crippen LogP contribution in [0.25, 0.3) is 0 Å². The fourth-order valence-corrected chi connectivity index (χ4v) is 3.76. The van der Waals surface area contributed by atoms with Crippen molar-refractivity contribution in [2.45, 2.75) is 25.2 Å². The monoisotopic (exact) mass is 376 g/mol. The zero-order chi connectivity index (χ0) is 19.3. The standard InChI is InChI=1S/C22H24N4O2/c1-28-19-8-2-5-16(14-19)13-18-7-3-9-20(24-18)17-6-4-12-26(15-17)22(27)21-10-11-23-25-21/h2-3,5,7-11,14,17H,4,6,12-13,15H2,1H3,(H,23,25)/t17-/m0/s1. The third-order valence-corrected chi connectivity index (χ3v) is 5.21. The van der Waals surface area contributed by atoms with E-state index in [0.717, 1.165) is 42.9 Å². The first-order valence-electron chi connectivity index (χ1n) is 9.60. The van der Waals surface area contributed by atoms with Gasteiger partial charge in [0, 0.05) is 43.0 Å². The quantitative estimate of drug-likeness (QED) is 0.741. The SMILES string of the molecule is COc1cccc(Cc2cccc([C@H]3CCCN(C(=O)c4ccn[nH]4)C3)n2)c1. The predicted octanol–water partition coefficient (Wildman–Crippen LogP) is 3.42. The summed E-state index contributed by atoms with van der Waals surface area (Å²) in [5.41, 5.74) is 3.80. The van der Waals surface area contributed by atoms with Crippen LogP contribution in [-0.4, -0.2) is 46.2 Å². The van der Waals surface area contributed by atoms with Gasteiger partial charge in [-0.05, 0) is 48.7 Å². The van der Waals surface area contributed by atoms with Crippen molar-refractivity contribution in [1.29, 1.82) is 0 Å². The number of likely N-dealkylation sites (tertiary alicyclic amines) is 1. The molecule has 28 heavy (non-hydrogen) atoms. The molecule has 3 aromatic rings. The molecule has 6 nitrogen and oxygen atoms in total. The van der Waals surface area contributed by atoms with Gasteiger partial charge in [-0.25, -0.2) is 0 Å². The molecule has 2 aromatic heterocycles. The van der Waals surface area contributed by atoms with Crippen LogP contribution < -0.4 is 4.74 Å². The number of nitrogens with one attached hydrogen (secondary N) is 1. The van der Waals surface area contributed by atoms with Crippen LogP contribution in [0.1, 0.15) is 46.2 Å². The molecule has 1 aliphatic heterocycles. The fourth-order valence-electron chi connectivity index (χ4n) is 3.76. The first-order chi connectivity index (χ1) is 13.7. The van der Waals surface area contributed by atoms with Crippen molar-refractivity contribution in [2.24, 2.45) is 0 Å². The van der Waals surface area contributed by atoms with Crippen molar-refractivity contribution in [3.05, 3.63) is 77.4 Å². The maximum absolute atomic E-state index is 12.6. The van der Waals surface area contributed by atoms with Gasteiger partial charge in [0.15, 0.2) is 0 Å². The number of pyridine rings is 1. The van der Waals surface area contributed by atoms with Gasteiger partial charge < -0.3 is 9.64 Å². The van der Waals surface area contributed by atoms with Crippen molar-refractivity contribution in [3.63, 3.8) is 0 Å². The first kappa shape index (κ1) is 18.2. The summed E-state index contributed by atoms with van der Waals surface area (Å²) >= 11 is 0. The lowest BCUT2D eigenvalue weighted by Crippen LogP contribution is -2.39. The van der Waals surface area contributed by atoms with Crippen molar-refractivity contribution >= 4 is 5.91 Å². The minimum Gasteiger partial charge on any atom is -0.497 e. The predicted molar refractivity (Wildman–Crippen MR) is 107 cm³/mol. The smallest absolute Gasteiger partial charge is 0.271 e. The van der Waals surface area contributed by atoms with Gasteiger partial charge in [0.05, 0.1) is 7.11 Å². The number of aromatic nitrogens is 3. The van der Waals surface area contributed by atoms with E-state index in [1.165, 1.54) is 5.56 Å². The number of methoxy groups -OCH3 is 1. The Balaban J connectivity index is 1.48. The highest BCUT2D eigenvalue weighted by Crippen LogP contribution is 2.27. The number of nitrogens with zero attached hydrogens (tertiary/aromatic N) is 3. The molecule has 1 atom stereocenters. The van der Waals surface area contributed by atoms with Crippen LogP contribution >= 0.6 is 0 Å². The Morgan fingerprint density at radius 3 is 2.96 bits per heavy atom. The van der Waals surface area contributed by atoms with E-state index < -0.39 is 0 Å². The van der Waals surface area contributed by atoms with E-state index in [-0.39, 0.29) is 11.8 Å². The van der Waals surface area contributed by atoms with Crippen molar-refractivity contribution < 1.29 is 9.53 Å². The lowest BCUT2D eigenvalue weighted by Gasteiger charge is -2.32. The van der Waals surface area contributed by atoms with Crippen LogP contribution in [-0.2, 0) is 6.42 Å². The lowest BCUT2D eigenvalue weighted by atomic mass is 9.93. The zero-order valence-electron chi connectivity index (χ0n) is 16.0. The Morgan fingerprint density at radius 1 is 1.25 bits per heavy atom. The molecule has 4 rings (SSSR count). The molecule has 144 valence electrons. The van der Waals surface area contributed by atoms with Gasteiger partial charge in [-0.2, -0.15) is 5.10 Å². The molecule has 1 N–H and O–H groups in total. The third kappa shape index (κ3) is 4.06. The molecule has 0 radical (unpaired) electrons. The fraction of sp³-hybridized carbons (Fsp3) is 0.318. The van der Waals surface area contributed by atoms with Crippen LogP contribution in [0.15, 0.2) is 54.7 Å². The molecular weight excluding hydrogens is 352 g/mol. The van der Waals surface area contributed by atoms with E-state index >= 15 is 0 Å². The number of piperidine rings is 1. The maximum Gasteiger partial charge on any atom is 0.271 e. The lowest BCUT2D eigenvalue weighted by molar-refractivity contribution is 0.0700. The number of benzene rings is 1. The van der Waals surface area contributed by atoms with Gasteiger partial charge in [-0.1, -0.05) is 18.2 Å². The number of rotatable bonds is 5. The molecule has 1 fully saturated rings. The van der Waals surface area contributed by atoms with Gasteiger partial charge in [-0.15, -0.1) is 0 Å². The number of aromatic amines is 1. The molecule has 0 bridgehead atoms. The van der Waals surface area contributed by atoms with Crippen LogP contribution in [0.2, 0.25) is 0 Å². The first-order valence-corrected chi connectivity index (χ1v) is 9.60. The topological polar surface area (TPSA) is 71.1 Å². The Kier molecular flexibility index (Phi) is 5.37. The summed E-state index contributed by atoms with van der Waals surface area (Å²) in [6, 6.07) is 16.0. The highest BCUT2D eigenvalue weighted by molar-refractivity contribution is 5.92. The van der Waals surface area contributed by atoms with Crippen molar-refractivity contribution in [3.8, 4) is 5.75 Å². The normalized spacial score (nSPS) is 16.8. The molecule has 0 aliphatic carbocycles. The minimum absolute atomic E-state index is 0.00901. The summed E-state index contributed by atoms with van der Waals surface area (Å²) < 4.78 is 5.31. The van der Waals surface area contributed by atoms with E-state index in [1.807, 2.05) is 23.1 Å². The van der Waals surface area contributed by atoms with Crippen LogP contribution in [0.5, 0.6) is 5.75 Å². The summed E-state index contributed by atoms with van der Waals surface area (Å²) in [4.78, 5) is 19.4. The number of carbonyl (C=O) groups is 1. The van der Waals surface area contributed by atoms with Gasteiger partial charge in [0.2, 0.25) is 0 Å². The van der Waals surface area contributed by atoms with Gasteiger partial charge in [0.25, 0.3) is 5.91 Å². The van der Waals surface area contributed by atoms with E-state index in [1.54, 1.807) is 19.4 Å². The molecule has 1 amide bonds. The Labute approximate surface area is 164 Å².